The summed E-state index contributed by atoms with van der Waals surface area (Å²) in [6.07, 6.45) is 0.642. The van der Waals surface area contributed by atoms with Gasteiger partial charge in [0.05, 0.1) is 24.0 Å². The summed E-state index contributed by atoms with van der Waals surface area (Å²) in [5.41, 5.74) is 1.48. The van der Waals surface area contributed by atoms with Crippen LogP contribution in [0.4, 0.5) is 5.69 Å². The lowest BCUT2D eigenvalue weighted by atomic mass is 10.1. The molecule has 24 heavy (non-hydrogen) atoms. The number of benzene rings is 1. The summed E-state index contributed by atoms with van der Waals surface area (Å²) >= 11 is 0. The van der Waals surface area contributed by atoms with Gasteiger partial charge in [-0.15, -0.1) is 0 Å². The second-order valence-electron chi connectivity index (χ2n) is 6.20. The van der Waals surface area contributed by atoms with E-state index in [-0.39, 0.29) is 35.8 Å². The quantitative estimate of drug-likeness (QED) is 0.787. The van der Waals surface area contributed by atoms with Crippen LogP contribution in [-0.2, 0) is 25.8 Å². The van der Waals surface area contributed by atoms with Gasteiger partial charge in [-0.25, -0.2) is 13.4 Å². The molecule has 1 aliphatic rings. The maximum atomic E-state index is 12.6. The van der Waals surface area contributed by atoms with Crippen LogP contribution in [0.5, 0.6) is 0 Å². The summed E-state index contributed by atoms with van der Waals surface area (Å²) in [4.78, 5) is 23.6. The monoisotopic (exact) mass is 353 g/mol. The number of carbonyl (C=O) groups excluding carboxylic acids is 2. The molecule has 1 aromatic carbocycles. The van der Waals surface area contributed by atoms with Crippen LogP contribution in [0.2, 0.25) is 0 Å². The van der Waals surface area contributed by atoms with E-state index < -0.39 is 9.84 Å². The molecule has 132 valence electrons. The van der Waals surface area contributed by atoms with Crippen LogP contribution in [0.15, 0.2) is 24.3 Å². The van der Waals surface area contributed by atoms with Crippen LogP contribution in [0, 0.1) is 0 Å². The molecule has 2 rings (SSSR count). The molecule has 0 bridgehead atoms. The highest BCUT2D eigenvalue weighted by molar-refractivity contribution is 7.91. The Kier molecular flexibility index (Phi) is 5.61. The molecule has 1 aliphatic heterocycles. The Bertz CT molecular complexity index is 713. The third-order valence-corrected chi connectivity index (χ3v) is 5.62. The number of sulfone groups is 1. The Morgan fingerprint density at radius 1 is 1.21 bits per heavy atom. The van der Waals surface area contributed by atoms with Gasteiger partial charge in [0.1, 0.15) is 0 Å². The topological polar surface area (TPSA) is 86.8 Å². The first-order valence-electron chi connectivity index (χ1n) is 7.74. The number of hydrogen-bond donors (Lipinski definition) is 1. The van der Waals surface area contributed by atoms with Gasteiger partial charge in [-0.3, -0.25) is 14.6 Å². The maximum absolute atomic E-state index is 12.6. The summed E-state index contributed by atoms with van der Waals surface area (Å²) in [6, 6.07) is 6.73. The molecular weight excluding hydrogens is 330 g/mol. The first kappa shape index (κ1) is 18.4. The van der Waals surface area contributed by atoms with Gasteiger partial charge in [-0.1, -0.05) is 12.1 Å². The van der Waals surface area contributed by atoms with Gasteiger partial charge in [0.2, 0.25) is 11.8 Å². The van der Waals surface area contributed by atoms with Crippen molar-refractivity contribution in [2.45, 2.75) is 25.8 Å². The summed E-state index contributed by atoms with van der Waals surface area (Å²) in [5.74, 6) is -0.159. The van der Waals surface area contributed by atoms with Gasteiger partial charge >= 0.3 is 0 Å². The highest BCUT2D eigenvalue weighted by Crippen LogP contribution is 2.20. The average molecular weight is 353 g/mol. The van der Waals surface area contributed by atoms with E-state index in [2.05, 4.69) is 5.32 Å². The fourth-order valence-electron chi connectivity index (χ4n) is 2.89. The van der Waals surface area contributed by atoms with Crippen LogP contribution in [0.1, 0.15) is 18.9 Å². The number of carbonyl (C=O) groups is 2. The van der Waals surface area contributed by atoms with Gasteiger partial charge in [0, 0.05) is 26.7 Å². The maximum Gasteiger partial charge on any atom is 0.241 e. The average Bonchev–Trinajstić information content (AvgIpc) is 2.80. The molecular formula is C16H23N3O4S. The van der Waals surface area contributed by atoms with Gasteiger partial charge in [0.15, 0.2) is 9.84 Å². The number of nitrogens with zero attached hydrogens (tertiary/aromatic N) is 2. The lowest BCUT2D eigenvalue weighted by molar-refractivity contribution is -0.148. The van der Waals surface area contributed by atoms with Crippen molar-refractivity contribution < 1.29 is 18.0 Å². The molecule has 1 saturated heterocycles. The molecule has 1 heterocycles. The van der Waals surface area contributed by atoms with E-state index in [4.69, 9.17) is 0 Å². The van der Waals surface area contributed by atoms with Gasteiger partial charge in [0.25, 0.3) is 0 Å². The predicted octanol–water partition coefficient (Wildman–Crippen LogP) is 0.680. The van der Waals surface area contributed by atoms with Crippen LogP contribution < -0.4 is 5.32 Å². The largest absolute Gasteiger partial charge is 0.326 e. The second kappa shape index (κ2) is 7.31. The summed E-state index contributed by atoms with van der Waals surface area (Å²) in [6.45, 7) is 1.43. The van der Waals surface area contributed by atoms with Crippen molar-refractivity contribution in [3.05, 3.63) is 29.8 Å². The third-order valence-electron chi connectivity index (χ3n) is 3.87. The fraction of sp³-hybridized carbons (Fsp3) is 0.500. The molecule has 0 aromatic heterocycles. The zero-order valence-electron chi connectivity index (χ0n) is 14.2. The smallest absolute Gasteiger partial charge is 0.241 e. The molecule has 8 heteroatoms. The lowest BCUT2D eigenvalue weighted by Gasteiger charge is -2.33. The molecule has 1 atom stereocenters. The molecule has 7 nitrogen and oxygen atoms in total. The van der Waals surface area contributed by atoms with Crippen molar-refractivity contribution in [3.8, 4) is 0 Å². The van der Waals surface area contributed by atoms with Gasteiger partial charge in [-0.2, -0.15) is 0 Å². The van der Waals surface area contributed by atoms with Crippen molar-refractivity contribution in [1.29, 1.82) is 0 Å². The minimum atomic E-state index is -3.06. The van der Waals surface area contributed by atoms with E-state index in [1.807, 2.05) is 0 Å². The molecule has 2 amide bonds. The van der Waals surface area contributed by atoms with Gasteiger partial charge < -0.3 is 5.32 Å². The minimum Gasteiger partial charge on any atom is -0.326 e. The van der Waals surface area contributed by atoms with E-state index in [0.29, 0.717) is 12.1 Å². The van der Waals surface area contributed by atoms with E-state index >= 15 is 0 Å². The van der Waals surface area contributed by atoms with E-state index in [0.717, 1.165) is 5.56 Å². The number of hydrazine groups is 1. The highest BCUT2D eigenvalue weighted by atomic mass is 32.2. The van der Waals surface area contributed by atoms with Crippen LogP contribution in [0.25, 0.3) is 0 Å². The Hall–Kier alpha value is -1.93. The molecule has 0 spiro atoms. The normalized spacial score (nSPS) is 19.2. The van der Waals surface area contributed by atoms with Crippen molar-refractivity contribution in [3.63, 3.8) is 0 Å². The molecule has 1 N–H and O–H groups in total. The van der Waals surface area contributed by atoms with Crippen LogP contribution >= 0.6 is 0 Å². The van der Waals surface area contributed by atoms with Crippen LogP contribution in [0.3, 0.4) is 0 Å². The van der Waals surface area contributed by atoms with Crippen LogP contribution in [-0.4, -0.2) is 61.9 Å². The number of amides is 2. The zero-order valence-corrected chi connectivity index (χ0v) is 15.0. The standard InChI is InChI=1S/C16H23N3O4S/c1-12(20)17-14-6-4-13(5-7-14)10-16(21)19(18(2)3)15-8-9-24(22,23)11-15/h4-7,15H,8-11H2,1-3H3,(H,17,20). The molecule has 1 aromatic rings. The highest BCUT2D eigenvalue weighted by Gasteiger charge is 2.35. The second-order valence-corrected chi connectivity index (χ2v) is 8.43. The molecule has 1 unspecified atom stereocenters. The van der Waals surface area contributed by atoms with E-state index in [1.165, 1.54) is 11.9 Å². The summed E-state index contributed by atoms with van der Waals surface area (Å²) in [5, 5.41) is 5.86. The number of rotatable bonds is 5. The van der Waals surface area contributed by atoms with E-state index in [1.54, 1.807) is 43.4 Å². The molecule has 0 aliphatic carbocycles. The Morgan fingerprint density at radius 2 is 1.83 bits per heavy atom. The zero-order chi connectivity index (χ0) is 17.9. The van der Waals surface area contributed by atoms with Gasteiger partial charge in [-0.05, 0) is 24.1 Å². The first-order valence-corrected chi connectivity index (χ1v) is 9.56. The predicted molar refractivity (Wildman–Crippen MR) is 92.0 cm³/mol. The SMILES string of the molecule is CC(=O)Nc1ccc(CC(=O)N(C2CCS(=O)(=O)C2)N(C)C)cc1. The van der Waals surface area contributed by atoms with Crippen molar-refractivity contribution in [2.24, 2.45) is 0 Å². The first-order chi connectivity index (χ1) is 11.2. The van der Waals surface area contributed by atoms with E-state index in [9.17, 15) is 18.0 Å². The van der Waals surface area contributed by atoms with Crippen molar-refractivity contribution >= 4 is 27.3 Å². The lowest BCUT2D eigenvalue weighted by Crippen LogP contribution is -2.49. The summed E-state index contributed by atoms with van der Waals surface area (Å²) in [7, 11) is 0.419. The Morgan fingerprint density at radius 3 is 2.29 bits per heavy atom. The Labute approximate surface area is 142 Å². The number of hydrogen-bond acceptors (Lipinski definition) is 5. The third kappa shape index (κ3) is 4.78. The minimum absolute atomic E-state index is 0.0123. The Balaban J connectivity index is 2.07. The number of anilines is 1. The molecule has 0 radical (unpaired) electrons. The van der Waals surface area contributed by atoms with Crippen molar-refractivity contribution in [1.82, 2.24) is 10.0 Å². The number of nitrogens with one attached hydrogen (secondary N) is 1. The summed E-state index contributed by atoms with van der Waals surface area (Å²) < 4.78 is 23.4. The molecule has 0 saturated carbocycles. The fourth-order valence-corrected chi connectivity index (χ4v) is 4.58. The van der Waals surface area contributed by atoms with Crippen molar-refractivity contribution in [2.75, 3.05) is 30.9 Å². The molecule has 1 fully saturated rings.